The molecular weight excluding hydrogens is 358 g/mol. The summed E-state index contributed by atoms with van der Waals surface area (Å²) in [6.45, 7) is 9.52. The number of aliphatic hydroxyl groups is 1. The van der Waals surface area contributed by atoms with Gasteiger partial charge in [-0.3, -0.25) is 0 Å². The van der Waals surface area contributed by atoms with Gasteiger partial charge in [-0.05, 0) is 37.3 Å². The van der Waals surface area contributed by atoms with Gasteiger partial charge in [0.05, 0.1) is 25.0 Å². The maximum Gasteiger partial charge on any atom is 0.412 e. The number of pyridine rings is 1. The summed E-state index contributed by atoms with van der Waals surface area (Å²) >= 11 is 0. The molecule has 2 aliphatic rings. The summed E-state index contributed by atoms with van der Waals surface area (Å²) in [4.78, 5) is 19.4. The molecule has 28 heavy (non-hydrogen) atoms. The normalized spacial score (nSPS) is 23.0. The molecule has 0 radical (unpaired) electrons. The predicted molar refractivity (Wildman–Crippen MR) is 108 cm³/mol. The summed E-state index contributed by atoms with van der Waals surface area (Å²) in [5.74, 6) is 1.67. The van der Waals surface area contributed by atoms with Crippen molar-refractivity contribution in [2.45, 2.75) is 58.5 Å². The lowest BCUT2D eigenvalue weighted by molar-refractivity contribution is 0.0698. The molecule has 7 heteroatoms. The van der Waals surface area contributed by atoms with Crippen molar-refractivity contribution in [1.82, 2.24) is 10.3 Å². The Kier molecular flexibility index (Phi) is 7.13. The molecule has 156 valence electrons. The van der Waals surface area contributed by atoms with E-state index in [1.54, 1.807) is 0 Å². The zero-order valence-electron chi connectivity index (χ0n) is 17.2. The molecule has 1 amide bonds. The first-order valence-corrected chi connectivity index (χ1v) is 10.4. The standard InChI is InChI=1S/C21H33N3O4/c1-14(2)19-20(15(3)12-18(23-19)24-8-10-27-11-9-24)28-21(26)22-13-16-6-4-5-7-17(16)25/h12,14,16-17,25H,4-11,13H2,1-3H3,(H,22,26)/t16-,17+/m0/s1. The number of carbonyl (C=O) groups is 1. The highest BCUT2D eigenvalue weighted by molar-refractivity contribution is 5.71. The topological polar surface area (TPSA) is 83.9 Å². The molecule has 0 aromatic carbocycles. The van der Waals surface area contributed by atoms with Crippen LogP contribution in [-0.4, -0.2) is 55.1 Å². The molecule has 0 unspecified atom stereocenters. The molecule has 0 spiro atoms. The Morgan fingerprint density at radius 3 is 2.75 bits per heavy atom. The highest BCUT2D eigenvalue weighted by Gasteiger charge is 2.25. The minimum Gasteiger partial charge on any atom is -0.408 e. The lowest BCUT2D eigenvalue weighted by Gasteiger charge is -2.29. The van der Waals surface area contributed by atoms with Gasteiger partial charge in [0.2, 0.25) is 0 Å². The Morgan fingerprint density at radius 2 is 2.07 bits per heavy atom. The van der Waals surface area contributed by atoms with Gasteiger partial charge in [-0.15, -0.1) is 0 Å². The lowest BCUT2D eigenvalue weighted by atomic mass is 9.86. The largest absolute Gasteiger partial charge is 0.412 e. The first-order valence-electron chi connectivity index (χ1n) is 10.4. The van der Waals surface area contributed by atoms with Gasteiger partial charge in [0, 0.05) is 25.6 Å². The summed E-state index contributed by atoms with van der Waals surface area (Å²) in [5.41, 5.74) is 1.68. The number of carbonyl (C=O) groups excluding carboxylic acids is 1. The molecule has 1 aliphatic heterocycles. The van der Waals surface area contributed by atoms with Crippen molar-refractivity contribution >= 4 is 11.9 Å². The van der Waals surface area contributed by atoms with Crippen LogP contribution in [0.15, 0.2) is 6.07 Å². The second-order valence-corrected chi connectivity index (χ2v) is 8.15. The highest BCUT2D eigenvalue weighted by Crippen LogP contribution is 2.32. The van der Waals surface area contributed by atoms with E-state index < -0.39 is 6.09 Å². The van der Waals surface area contributed by atoms with Crippen LogP contribution in [0.1, 0.15) is 56.7 Å². The molecule has 3 rings (SSSR count). The van der Waals surface area contributed by atoms with Crippen LogP contribution in [0.4, 0.5) is 10.6 Å². The van der Waals surface area contributed by atoms with Gasteiger partial charge in [0.1, 0.15) is 5.82 Å². The Hall–Kier alpha value is -1.86. The van der Waals surface area contributed by atoms with Gasteiger partial charge in [0.15, 0.2) is 5.75 Å². The van der Waals surface area contributed by atoms with Crippen molar-refractivity contribution < 1.29 is 19.4 Å². The smallest absolute Gasteiger partial charge is 0.408 e. The predicted octanol–water partition coefficient (Wildman–Crippen LogP) is 2.99. The van der Waals surface area contributed by atoms with Gasteiger partial charge < -0.3 is 24.8 Å². The van der Waals surface area contributed by atoms with Crippen LogP contribution < -0.4 is 15.0 Å². The third-order valence-corrected chi connectivity index (χ3v) is 5.63. The van der Waals surface area contributed by atoms with Gasteiger partial charge in [0.25, 0.3) is 0 Å². The van der Waals surface area contributed by atoms with Gasteiger partial charge in [-0.25, -0.2) is 9.78 Å². The molecule has 1 aromatic rings. The molecule has 7 nitrogen and oxygen atoms in total. The summed E-state index contributed by atoms with van der Waals surface area (Å²) in [6, 6.07) is 1.98. The van der Waals surface area contributed by atoms with Crippen LogP contribution in [0, 0.1) is 12.8 Å². The van der Waals surface area contributed by atoms with E-state index in [1.165, 1.54) is 0 Å². The van der Waals surface area contributed by atoms with E-state index in [9.17, 15) is 9.90 Å². The molecule has 2 fully saturated rings. The average Bonchev–Trinajstić information content (AvgIpc) is 2.69. The SMILES string of the molecule is Cc1cc(N2CCOCC2)nc(C(C)C)c1OC(=O)NC[C@@H]1CCCC[C@H]1O. The zero-order chi connectivity index (χ0) is 20.1. The fourth-order valence-corrected chi connectivity index (χ4v) is 3.92. The quantitative estimate of drug-likeness (QED) is 0.803. The molecule has 1 aromatic heterocycles. The van der Waals surface area contributed by atoms with Crippen molar-refractivity contribution in [3.8, 4) is 5.75 Å². The maximum absolute atomic E-state index is 12.4. The Bertz CT molecular complexity index is 674. The van der Waals surface area contributed by atoms with E-state index in [0.29, 0.717) is 25.5 Å². The van der Waals surface area contributed by atoms with Gasteiger partial charge in [-0.2, -0.15) is 0 Å². The fourth-order valence-electron chi connectivity index (χ4n) is 3.92. The maximum atomic E-state index is 12.4. The van der Waals surface area contributed by atoms with Crippen LogP contribution in [0.3, 0.4) is 0 Å². The van der Waals surface area contributed by atoms with Crippen LogP contribution in [0.25, 0.3) is 0 Å². The number of aliphatic hydroxyl groups excluding tert-OH is 1. The number of hydrogen-bond donors (Lipinski definition) is 2. The van der Waals surface area contributed by atoms with Crippen LogP contribution in [0.2, 0.25) is 0 Å². The van der Waals surface area contributed by atoms with E-state index in [4.69, 9.17) is 14.5 Å². The van der Waals surface area contributed by atoms with Crippen molar-refractivity contribution in [1.29, 1.82) is 0 Å². The molecule has 2 N–H and O–H groups in total. The molecular formula is C21H33N3O4. The first kappa shape index (κ1) is 20.9. The minimum absolute atomic E-state index is 0.105. The summed E-state index contributed by atoms with van der Waals surface area (Å²) in [6.07, 6.45) is 3.08. The third-order valence-electron chi connectivity index (χ3n) is 5.63. The Morgan fingerprint density at radius 1 is 1.36 bits per heavy atom. The third kappa shape index (κ3) is 5.14. The van der Waals surface area contributed by atoms with E-state index in [2.05, 4.69) is 10.2 Å². The van der Waals surface area contributed by atoms with Crippen LogP contribution >= 0.6 is 0 Å². The molecule has 0 bridgehead atoms. The number of hydrogen-bond acceptors (Lipinski definition) is 6. The number of morpholine rings is 1. The van der Waals surface area contributed by atoms with E-state index in [-0.39, 0.29) is 17.9 Å². The first-order chi connectivity index (χ1) is 13.5. The summed E-state index contributed by atoms with van der Waals surface area (Å²) in [7, 11) is 0. The Labute approximate surface area is 167 Å². The zero-order valence-corrected chi connectivity index (χ0v) is 17.2. The number of nitrogens with zero attached hydrogens (tertiary/aromatic N) is 2. The van der Waals surface area contributed by atoms with Crippen LogP contribution in [-0.2, 0) is 4.74 Å². The van der Waals surface area contributed by atoms with Crippen molar-refractivity contribution in [2.24, 2.45) is 5.92 Å². The molecule has 1 saturated heterocycles. The minimum atomic E-state index is -0.483. The molecule has 1 aliphatic carbocycles. The van der Waals surface area contributed by atoms with Gasteiger partial charge >= 0.3 is 6.09 Å². The van der Waals surface area contributed by atoms with Crippen molar-refractivity contribution in [2.75, 3.05) is 37.7 Å². The number of rotatable bonds is 5. The highest BCUT2D eigenvalue weighted by atomic mass is 16.6. The van der Waals surface area contributed by atoms with Crippen molar-refractivity contribution in [3.05, 3.63) is 17.3 Å². The van der Waals surface area contributed by atoms with E-state index in [1.807, 2.05) is 26.8 Å². The van der Waals surface area contributed by atoms with E-state index >= 15 is 0 Å². The molecule has 1 saturated carbocycles. The fraction of sp³-hybridized carbons (Fsp3) is 0.714. The number of ether oxygens (including phenoxy) is 2. The number of aryl methyl sites for hydroxylation is 1. The second-order valence-electron chi connectivity index (χ2n) is 8.15. The molecule has 2 heterocycles. The lowest BCUT2D eigenvalue weighted by Crippen LogP contribution is -2.38. The van der Waals surface area contributed by atoms with Crippen LogP contribution in [0.5, 0.6) is 5.75 Å². The Balaban J connectivity index is 1.68. The second kappa shape index (κ2) is 9.56. The van der Waals surface area contributed by atoms with E-state index in [0.717, 1.165) is 55.8 Å². The summed E-state index contributed by atoms with van der Waals surface area (Å²) in [5, 5.41) is 12.9. The number of aromatic nitrogens is 1. The summed E-state index contributed by atoms with van der Waals surface area (Å²) < 4.78 is 11.1. The average molecular weight is 392 g/mol. The number of amides is 1. The van der Waals surface area contributed by atoms with Crippen molar-refractivity contribution in [3.63, 3.8) is 0 Å². The van der Waals surface area contributed by atoms with Gasteiger partial charge in [-0.1, -0.05) is 26.7 Å². The number of anilines is 1. The number of nitrogens with one attached hydrogen (secondary N) is 1. The molecule has 2 atom stereocenters. The monoisotopic (exact) mass is 391 g/mol.